The van der Waals surface area contributed by atoms with E-state index in [0.717, 1.165) is 18.2 Å². The van der Waals surface area contributed by atoms with Crippen molar-refractivity contribution in [1.29, 1.82) is 0 Å². The Bertz CT molecular complexity index is 692. The lowest BCUT2D eigenvalue weighted by Gasteiger charge is -2.14. The largest absolute Gasteiger partial charge is 0.417 e. The van der Waals surface area contributed by atoms with Crippen molar-refractivity contribution in [3.8, 4) is 23.5 Å². The second-order valence-corrected chi connectivity index (χ2v) is 4.00. The van der Waals surface area contributed by atoms with Crippen LogP contribution in [0.2, 0.25) is 0 Å². The molecule has 0 radical (unpaired) electrons. The first-order valence-electron chi connectivity index (χ1n) is 5.47. The monoisotopic (exact) mass is 282 g/mol. The van der Waals surface area contributed by atoms with Crippen LogP contribution in [0.25, 0.3) is 11.1 Å². The van der Waals surface area contributed by atoms with Crippen molar-refractivity contribution in [2.24, 2.45) is 0 Å². The highest BCUT2D eigenvalue weighted by atomic mass is 19.4. The third-order valence-electron chi connectivity index (χ3n) is 2.71. The second-order valence-electron chi connectivity index (χ2n) is 4.00. The average molecular weight is 282 g/mol. The van der Waals surface area contributed by atoms with Crippen molar-refractivity contribution < 1.29 is 22.0 Å². The van der Waals surface area contributed by atoms with Crippen molar-refractivity contribution >= 4 is 0 Å². The first kappa shape index (κ1) is 14.1. The molecule has 2 aromatic carbocycles. The maximum Gasteiger partial charge on any atom is 0.417 e. The predicted molar refractivity (Wildman–Crippen MR) is 64.7 cm³/mol. The molecule has 2 aromatic rings. The molecular weight excluding hydrogens is 275 g/mol. The van der Waals surface area contributed by atoms with Gasteiger partial charge < -0.3 is 0 Å². The van der Waals surface area contributed by atoms with E-state index in [2.05, 4.69) is 0 Å². The summed E-state index contributed by atoms with van der Waals surface area (Å²) < 4.78 is 65.7. The van der Waals surface area contributed by atoms with Crippen LogP contribution in [0.5, 0.6) is 0 Å². The molecule has 0 bridgehead atoms. The van der Waals surface area contributed by atoms with E-state index in [0.29, 0.717) is 6.07 Å². The summed E-state index contributed by atoms with van der Waals surface area (Å²) in [4.78, 5) is 0. The van der Waals surface area contributed by atoms with Gasteiger partial charge in [0.25, 0.3) is 0 Å². The van der Waals surface area contributed by atoms with E-state index in [4.69, 9.17) is 6.42 Å². The first-order valence-corrected chi connectivity index (χ1v) is 5.47. The molecule has 0 aliphatic rings. The topological polar surface area (TPSA) is 0 Å². The van der Waals surface area contributed by atoms with Crippen molar-refractivity contribution in [2.75, 3.05) is 0 Å². The Morgan fingerprint density at radius 1 is 1.00 bits per heavy atom. The van der Waals surface area contributed by atoms with Crippen LogP contribution in [0.3, 0.4) is 0 Å². The Kier molecular flexibility index (Phi) is 3.49. The Morgan fingerprint density at radius 3 is 2.25 bits per heavy atom. The van der Waals surface area contributed by atoms with Crippen LogP contribution in [0.4, 0.5) is 22.0 Å². The van der Waals surface area contributed by atoms with Crippen LogP contribution >= 0.6 is 0 Å². The van der Waals surface area contributed by atoms with Gasteiger partial charge in [0.1, 0.15) is 11.6 Å². The van der Waals surface area contributed by atoms with Crippen LogP contribution in [0, 0.1) is 24.0 Å². The number of hydrogen-bond acceptors (Lipinski definition) is 0. The van der Waals surface area contributed by atoms with Gasteiger partial charge in [-0.3, -0.25) is 0 Å². The van der Waals surface area contributed by atoms with E-state index >= 15 is 0 Å². The van der Waals surface area contributed by atoms with E-state index in [1.807, 2.05) is 5.92 Å². The maximum atomic E-state index is 13.8. The zero-order chi connectivity index (χ0) is 14.9. The van der Waals surface area contributed by atoms with Crippen molar-refractivity contribution in [3.63, 3.8) is 0 Å². The van der Waals surface area contributed by atoms with Gasteiger partial charge in [0.15, 0.2) is 0 Å². The molecule has 0 spiro atoms. The van der Waals surface area contributed by atoms with Crippen molar-refractivity contribution in [2.45, 2.75) is 6.18 Å². The third kappa shape index (κ3) is 2.50. The van der Waals surface area contributed by atoms with Gasteiger partial charge >= 0.3 is 6.18 Å². The van der Waals surface area contributed by atoms with Crippen LogP contribution in [0.15, 0.2) is 36.4 Å². The molecule has 0 fully saturated rings. The molecule has 0 nitrogen and oxygen atoms in total. The predicted octanol–water partition coefficient (Wildman–Crippen LogP) is 4.63. The van der Waals surface area contributed by atoms with Crippen LogP contribution in [-0.2, 0) is 6.18 Å². The van der Waals surface area contributed by atoms with Gasteiger partial charge in [-0.1, -0.05) is 24.1 Å². The summed E-state index contributed by atoms with van der Waals surface area (Å²) in [5.74, 6) is -0.0639. The molecule has 0 saturated heterocycles. The lowest BCUT2D eigenvalue weighted by Crippen LogP contribution is -2.08. The zero-order valence-electron chi connectivity index (χ0n) is 9.93. The number of alkyl halides is 3. The lowest BCUT2D eigenvalue weighted by molar-refractivity contribution is -0.137. The molecule has 0 aromatic heterocycles. The smallest absolute Gasteiger partial charge is 0.207 e. The highest BCUT2D eigenvalue weighted by molar-refractivity contribution is 5.74. The van der Waals surface area contributed by atoms with Crippen LogP contribution in [-0.4, -0.2) is 0 Å². The summed E-state index contributed by atoms with van der Waals surface area (Å²) in [6.07, 6.45) is 0.457. The summed E-state index contributed by atoms with van der Waals surface area (Å²) in [6.45, 7) is 0. The van der Waals surface area contributed by atoms with E-state index < -0.39 is 34.5 Å². The second kappa shape index (κ2) is 4.97. The molecule has 0 N–H and O–H groups in total. The minimum absolute atomic E-state index is 0.265. The number of rotatable bonds is 1. The first-order chi connectivity index (χ1) is 9.34. The lowest BCUT2D eigenvalue weighted by atomic mass is 9.94. The van der Waals surface area contributed by atoms with Crippen LogP contribution < -0.4 is 0 Å². The summed E-state index contributed by atoms with van der Waals surface area (Å²) in [7, 11) is 0. The fourth-order valence-corrected chi connectivity index (χ4v) is 1.91. The Balaban J connectivity index is 2.80. The molecule has 0 aliphatic carbocycles. The van der Waals surface area contributed by atoms with E-state index in [9.17, 15) is 22.0 Å². The standard InChI is InChI=1S/C15H7F5/c1-2-9-7-10(16)8-13(17)14(9)11-5-3-4-6-12(11)15(18,19)20/h1,3-8H. The third-order valence-corrected chi connectivity index (χ3v) is 2.71. The minimum atomic E-state index is -4.66. The van der Waals surface area contributed by atoms with Gasteiger partial charge in [-0.05, 0) is 17.7 Å². The van der Waals surface area contributed by atoms with Crippen LogP contribution in [0.1, 0.15) is 11.1 Å². The zero-order valence-corrected chi connectivity index (χ0v) is 9.93. The minimum Gasteiger partial charge on any atom is -0.207 e. The normalized spacial score (nSPS) is 11.2. The Labute approximate surface area is 111 Å². The quantitative estimate of drug-likeness (QED) is 0.528. The fraction of sp³-hybridized carbons (Fsp3) is 0.0667. The SMILES string of the molecule is C#Cc1cc(F)cc(F)c1-c1ccccc1C(F)(F)F. The van der Waals surface area contributed by atoms with E-state index in [1.54, 1.807) is 0 Å². The van der Waals surface area contributed by atoms with Gasteiger partial charge in [0.2, 0.25) is 0 Å². The molecule has 5 heteroatoms. The van der Waals surface area contributed by atoms with Crippen molar-refractivity contribution in [1.82, 2.24) is 0 Å². The number of benzene rings is 2. The van der Waals surface area contributed by atoms with Gasteiger partial charge in [-0.15, -0.1) is 6.42 Å². The van der Waals surface area contributed by atoms with Gasteiger partial charge in [0.05, 0.1) is 5.56 Å². The summed E-state index contributed by atoms with van der Waals surface area (Å²) in [5.41, 5.74) is -2.13. The van der Waals surface area contributed by atoms with Gasteiger partial charge in [-0.25, -0.2) is 8.78 Å². The molecule has 0 saturated carbocycles. The van der Waals surface area contributed by atoms with Gasteiger partial charge in [-0.2, -0.15) is 13.2 Å². The Morgan fingerprint density at radius 2 is 1.65 bits per heavy atom. The number of hydrogen-bond donors (Lipinski definition) is 0. The summed E-state index contributed by atoms with van der Waals surface area (Å²) >= 11 is 0. The molecule has 0 amide bonds. The number of terminal acetylenes is 1. The molecule has 0 aliphatic heterocycles. The molecular formula is C15H7F5. The highest BCUT2D eigenvalue weighted by Gasteiger charge is 2.34. The molecule has 102 valence electrons. The Hall–Kier alpha value is -2.35. The van der Waals surface area contributed by atoms with Crippen molar-refractivity contribution in [3.05, 3.63) is 59.2 Å². The molecule has 0 unspecified atom stereocenters. The number of halogens is 5. The molecule has 2 rings (SSSR count). The van der Waals surface area contributed by atoms with E-state index in [1.165, 1.54) is 12.1 Å². The summed E-state index contributed by atoms with van der Waals surface area (Å²) in [6, 6.07) is 5.75. The van der Waals surface area contributed by atoms with E-state index in [-0.39, 0.29) is 5.56 Å². The average Bonchev–Trinajstić information content (AvgIpc) is 2.36. The molecule has 0 heterocycles. The highest BCUT2D eigenvalue weighted by Crippen LogP contribution is 2.39. The summed E-state index contributed by atoms with van der Waals surface area (Å²) in [5, 5.41) is 0. The molecule has 0 atom stereocenters. The van der Waals surface area contributed by atoms with Gasteiger partial charge in [0, 0.05) is 17.2 Å². The fourth-order valence-electron chi connectivity index (χ4n) is 1.91. The molecule has 20 heavy (non-hydrogen) atoms. The maximum absolute atomic E-state index is 13.8.